The molecule has 0 atom stereocenters. The van der Waals surface area contributed by atoms with Crippen LogP contribution < -0.4 is 10.2 Å². The maximum Gasteiger partial charge on any atom is 0.225 e. The highest BCUT2D eigenvalue weighted by Gasteiger charge is 2.17. The van der Waals surface area contributed by atoms with Crippen LogP contribution in [0.15, 0.2) is 0 Å². The van der Waals surface area contributed by atoms with Crippen LogP contribution in [0.5, 0.6) is 0 Å². The molecule has 1 fully saturated rings. The van der Waals surface area contributed by atoms with E-state index in [-0.39, 0.29) is 0 Å². The maximum atomic E-state index is 4.70. The van der Waals surface area contributed by atoms with E-state index in [1.165, 1.54) is 24.8 Å². The second kappa shape index (κ2) is 6.85. The second-order valence-corrected chi connectivity index (χ2v) is 5.37. The Morgan fingerprint density at radius 1 is 1.05 bits per heavy atom. The largest absolute Gasteiger partial charge is 0.341 e. The first kappa shape index (κ1) is 14.3. The Kier molecular flexibility index (Phi) is 5.14. The molecule has 0 aromatic carbocycles. The molecule has 4 nitrogen and oxygen atoms in total. The highest BCUT2D eigenvalue weighted by atomic mass is 15.3. The van der Waals surface area contributed by atoms with Crippen molar-refractivity contribution in [3.05, 3.63) is 17.0 Å². The van der Waals surface area contributed by atoms with E-state index >= 15 is 0 Å². The number of rotatable bonds is 6. The summed E-state index contributed by atoms with van der Waals surface area (Å²) in [6.45, 7) is 10.7. The molecule has 0 bridgehead atoms. The van der Waals surface area contributed by atoms with Crippen molar-refractivity contribution in [1.82, 2.24) is 15.3 Å². The van der Waals surface area contributed by atoms with E-state index < -0.39 is 0 Å². The maximum absolute atomic E-state index is 4.70. The number of hydrogen-bond donors (Lipinski definition) is 1. The van der Waals surface area contributed by atoms with Crippen LogP contribution in [0.1, 0.15) is 43.1 Å². The summed E-state index contributed by atoms with van der Waals surface area (Å²) < 4.78 is 0. The van der Waals surface area contributed by atoms with Gasteiger partial charge >= 0.3 is 0 Å². The zero-order chi connectivity index (χ0) is 13.7. The molecular formula is C15H26N4. The van der Waals surface area contributed by atoms with Gasteiger partial charge in [-0.1, -0.05) is 6.92 Å². The van der Waals surface area contributed by atoms with Gasteiger partial charge in [0.1, 0.15) is 0 Å². The molecule has 0 unspecified atom stereocenters. The van der Waals surface area contributed by atoms with E-state index in [4.69, 9.17) is 9.97 Å². The minimum Gasteiger partial charge on any atom is -0.341 e. The molecule has 1 saturated heterocycles. The van der Waals surface area contributed by atoms with Crippen LogP contribution in [0.4, 0.5) is 5.95 Å². The van der Waals surface area contributed by atoms with Crippen molar-refractivity contribution in [1.29, 1.82) is 0 Å². The highest BCUT2D eigenvalue weighted by molar-refractivity contribution is 5.37. The van der Waals surface area contributed by atoms with Crippen molar-refractivity contribution in [2.45, 2.75) is 46.5 Å². The molecule has 0 spiro atoms. The molecule has 1 aromatic heterocycles. The SMILES string of the molecule is CCCNCCc1c(C)nc(N2CCCC2)nc1C. The third-order valence-electron chi connectivity index (χ3n) is 3.78. The summed E-state index contributed by atoms with van der Waals surface area (Å²) in [7, 11) is 0. The van der Waals surface area contributed by atoms with Crippen molar-refractivity contribution in [3.63, 3.8) is 0 Å². The van der Waals surface area contributed by atoms with Crippen LogP contribution in [-0.4, -0.2) is 36.1 Å². The van der Waals surface area contributed by atoms with Gasteiger partial charge in [0.15, 0.2) is 0 Å². The molecule has 1 N–H and O–H groups in total. The molecular weight excluding hydrogens is 236 g/mol. The number of nitrogens with zero attached hydrogens (tertiary/aromatic N) is 3. The molecule has 1 aliphatic rings. The third kappa shape index (κ3) is 3.66. The summed E-state index contributed by atoms with van der Waals surface area (Å²) in [5.74, 6) is 0.928. The average Bonchev–Trinajstić information content (AvgIpc) is 2.90. The highest BCUT2D eigenvalue weighted by Crippen LogP contribution is 2.19. The Morgan fingerprint density at radius 2 is 1.68 bits per heavy atom. The van der Waals surface area contributed by atoms with Crippen molar-refractivity contribution < 1.29 is 0 Å². The Labute approximate surface area is 116 Å². The van der Waals surface area contributed by atoms with Crippen LogP contribution in [0, 0.1) is 13.8 Å². The smallest absolute Gasteiger partial charge is 0.225 e. The fraction of sp³-hybridized carbons (Fsp3) is 0.733. The molecule has 0 radical (unpaired) electrons. The van der Waals surface area contributed by atoms with Gasteiger partial charge in [-0.2, -0.15) is 0 Å². The summed E-state index contributed by atoms with van der Waals surface area (Å²) in [6.07, 6.45) is 4.74. The van der Waals surface area contributed by atoms with Gasteiger partial charge < -0.3 is 10.2 Å². The first-order valence-electron chi connectivity index (χ1n) is 7.52. The Bertz CT molecular complexity index is 388. The van der Waals surface area contributed by atoms with E-state index in [9.17, 15) is 0 Å². The van der Waals surface area contributed by atoms with Gasteiger partial charge in [-0.25, -0.2) is 9.97 Å². The molecule has 1 aliphatic heterocycles. The molecule has 0 saturated carbocycles. The lowest BCUT2D eigenvalue weighted by molar-refractivity contribution is 0.665. The lowest BCUT2D eigenvalue weighted by Gasteiger charge is -2.18. The minimum absolute atomic E-state index is 0.928. The quantitative estimate of drug-likeness (QED) is 0.798. The molecule has 4 heteroatoms. The van der Waals surface area contributed by atoms with E-state index in [0.29, 0.717) is 0 Å². The Hall–Kier alpha value is -1.16. The van der Waals surface area contributed by atoms with Gasteiger partial charge in [-0.05, 0) is 58.2 Å². The summed E-state index contributed by atoms with van der Waals surface area (Å²) in [6, 6.07) is 0. The van der Waals surface area contributed by atoms with Crippen molar-refractivity contribution in [3.8, 4) is 0 Å². The van der Waals surface area contributed by atoms with Gasteiger partial charge in [-0.15, -0.1) is 0 Å². The molecule has 1 aromatic rings. The average molecular weight is 262 g/mol. The Balaban J connectivity index is 2.04. The zero-order valence-electron chi connectivity index (χ0n) is 12.5. The van der Waals surface area contributed by atoms with Crippen molar-refractivity contribution in [2.24, 2.45) is 0 Å². The molecule has 106 valence electrons. The van der Waals surface area contributed by atoms with E-state index in [1.807, 2.05) is 0 Å². The van der Waals surface area contributed by atoms with Crippen LogP contribution in [0.2, 0.25) is 0 Å². The van der Waals surface area contributed by atoms with Crippen LogP contribution >= 0.6 is 0 Å². The van der Waals surface area contributed by atoms with Crippen LogP contribution in [0.3, 0.4) is 0 Å². The first-order valence-corrected chi connectivity index (χ1v) is 7.52. The molecule has 0 amide bonds. The predicted molar refractivity (Wildman–Crippen MR) is 79.8 cm³/mol. The number of aryl methyl sites for hydroxylation is 2. The van der Waals surface area contributed by atoms with Crippen molar-refractivity contribution >= 4 is 5.95 Å². The lowest BCUT2D eigenvalue weighted by Crippen LogP contribution is -2.23. The first-order chi connectivity index (χ1) is 9.22. The number of aromatic nitrogens is 2. The van der Waals surface area contributed by atoms with Gasteiger partial charge in [0, 0.05) is 24.5 Å². The normalized spacial score (nSPS) is 15.2. The standard InChI is InChI=1S/C15H26N4/c1-4-8-16-9-7-14-12(2)17-15(18-13(14)3)19-10-5-6-11-19/h16H,4-11H2,1-3H3. The topological polar surface area (TPSA) is 41.1 Å². The fourth-order valence-corrected chi connectivity index (χ4v) is 2.66. The van der Waals surface area contributed by atoms with Crippen LogP contribution in [0.25, 0.3) is 0 Å². The molecule has 2 heterocycles. The third-order valence-corrected chi connectivity index (χ3v) is 3.78. The van der Waals surface area contributed by atoms with E-state index in [1.54, 1.807) is 0 Å². The van der Waals surface area contributed by atoms with Gasteiger partial charge in [0.2, 0.25) is 5.95 Å². The zero-order valence-corrected chi connectivity index (χ0v) is 12.5. The van der Waals surface area contributed by atoms with Crippen molar-refractivity contribution in [2.75, 3.05) is 31.1 Å². The number of anilines is 1. The summed E-state index contributed by atoms with van der Waals surface area (Å²) in [5, 5.41) is 3.44. The van der Waals surface area contributed by atoms with Crippen LogP contribution in [-0.2, 0) is 6.42 Å². The summed E-state index contributed by atoms with van der Waals surface area (Å²) in [4.78, 5) is 11.7. The minimum atomic E-state index is 0.928. The second-order valence-electron chi connectivity index (χ2n) is 5.37. The number of hydrogen-bond acceptors (Lipinski definition) is 4. The van der Waals surface area contributed by atoms with Gasteiger partial charge in [0.05, 0.1) is 0 Å². The Morgan fingerprint density at radius 3 is 2.26 bits per heavy atom. The fourth-order valence-electron chi connectivity index (χ4n) is 2.66. The summed E-state index contributed by atoms with van der Waals surface area (Å²) >= 11 is 0. The monoisotopic (exact) mass is 262 g/mol. The van der Waals surface area contributed by atoms with E-state index in [2.05, 4.69) is 31.0 Å². The number of nitrogens with one attached hydrogen (secondary N) is 1. The van der Waals surface area contributed by atoms with Gasteiger partial charge in [-0.3, -0.25) is 0 Å². The molecule has 19 heavy (non-hydrogen) atoms. The van der Waals surface area contributed by atoms with Gasteiger partial charge in [0.25, 0.3) is 0 Å². The molecule has 2 rings (SSSR count). The predicted octanol–water partition coefficient (Wildman–Crippen LogP) is 2.24. The molecule has 0 aliphatic carbocycles. The van der Waals surface area contributed by atoms with E-state index in [0.717, 1.165) is 49.9 Å². The summed E-state index contributed by atoms with van der Waals surface area (Å²) in [5.41, 5.74) is 3.60. The lowest BCUT2D eigenvalue weighted by atomic mass is 10.1.